The summed E-state index contributed by atoms with van der Waals surface area (Å²) in [4.78, 5) is 20.8. The lowest BCUT2D eigenvalue weighted by atomic mass is 9.72. The molecule has 2 atom stereocenters. The van der Waals surface area contributed by atoms with Gasteiger partial charge in [-0.05, 0) is 67.1 Å². The number of ether oxygens (including phenoxy) is 1. The SMILES string of the molecule is Cc1cc(Nc2ncnc3ccc(N4CC5CCC(C(C)(C)C)(C4)N5)nc23)ccc1Oc1ccn2ncnc2c1. The van der Waals surface area contributed by atoms with Crippen molar-refractivity contribution in [1.82, 2.24) is 34.9 Å². The second-order valence-corrected chi connectivity index (χ2v) is 12.0. The summed E-state index contributed by atoms with van der Waals surface area (Å²) in [7, 11) is 0. The first kappa shape index (κ1) is 24.7. The van der Waals surface area contributed by atoms with Crippen LogP contribution in [0.1, 0.15) is 39.2 Å². The van der Waals surface area contributed by atoms with Gasteiger partial charge in [0.15, 0.2) is 11.5 Å². The van der Waals surface area contributed by atoms with Crippen molar-refractivity contribution in [3.05, 3.63) is 66.9 Å². The van der Waals surface area contributed by atoms with Gasteiger partial charge < -0.3 is 20.3 Å². The topological polar surface area (TPSA) is 105 Å². The van der Waals surface area contributed by atoms with Crippen LogP contribution in [0.4, 0.5) is 17.3 Å². The van der Waals surface area contributed by atoms with Crippen LogP contribution in [0, 0.1) is 12.3 Å². The first-order chi connectivity index (χ1) is 19.3. The predicted molar refractivity (Wildman–Crippen MR) is 155 cm³/mol. The first-order valence-electron chi connectivity index (χ1n) is 13.8. The highest BCUT2D eigenvalue weighted by molar-refractivity contribution is 5.88. The molecule has 0 saturated carbocycles. The largest absolute Gasteiger partial charge is 0.457 e. The van der Waals surface area contributed by atoms with Gasteiger partial charge in [0.1, 0.15) is 35.5 Å². The minimum absolute atomic E-state index is 0.0867. The monoisotopic (exact) mass is 535 g/mol. The van der Waals surface area contributed by atoms with Crippen LogP contribution < -0.4 is 20.3 Å². The zero-order valence-electron chi connectivity index (χ0n) is 23.2. The van der Waals surface area contributed by atoms with Crippen LogP contribution in [-0.2, 0) is 0 Å². The summed E-state index contributed by atoms with van der Waals surface area (Å²) in [5, 5.41) is 11.5. The van der Waals surface area contributed by atoms with E-state index in [1.807, 2.05) is 49.5 Å². The van der Waals surface area contributed by atoms with Gasteiger partial charge in [-0.2, -0.15) is 5.10 Å². The van der Waals surface area contributed by atoms with Gasteiger partial charge in [0.2, 0.25) is 0 Å². The Morgan fingerprint density at radius 3 is 2.80 bits per heavy atom. The summed E-state index contributed by atoms with van der Waals surface area (Å²) in [5.74, 6) is 3.12. The molecule has 0 radical (unpaired) electrons. The minimum Gasteiger partial charge on any atom is -0.457 e. The summed E-state index contributed by atoms with van der Waals surface area (Å²) in [6, 6.07) is 14.3. The van der Waals surface area contributed by atoms with Crippen molar-refractivity contribution in [3.8, 4) is 11.5 Å². The number of pyridine rings is 2. The van der Waals surface area contributed by atoms with Crippen molar-refractivity contribution in [2.45, 2.75) is 52.1 Å². The molecule has 0 amide bonds. The van der Waals surface area contributed by atoms with Gasteiger partial charge in [-0.25, -0.2) is 24.5 Å². The number of aryl methyl sites for hydroxylation is 1. The molecule has 2 fully saturated rings. The molecule has 4 aromatic heterocycles. The minimum atomic E-state index is 0.0867. The highest BCUT2D eigenvalue weighted by Crippen LogP contribution is 2.43. The van der Waals surface area contributed by atoms with Gasteiger partial charge in [0, 0.05) is 42.6 Å². The summed E-state index contributed by atoms with van der Waals surface area (Å²) in [6.45, 7) is 10.9. The quantitative estimate of drug-likeness (QED) is 0.311. The van der Waals surface area contributed by atoms with Gasteiger partial charge in [0.05, 0.1) is 5.52 Å². The molecule has 0 aliphatic carbocycles. The lowest BCUT2D eigenvalue weighted by molar-refractivity contribution is 0.145. The average molecular weight is 536 g/mol. The zero-order valence-corrected chi connectivity index (χ0v) is 23.2. The second kappa shape index (κ2) is 9.12. The molecule has 0 spiro atoms. The van der Waals surface area contributed by atoms with Crippen LogP contribution in [0.3, 0.4) is 0 Å². The molecule has 204 valence electrons. The van der Waals surface area contributed by atoms with E-state index >= 15 is 0 Å². The molecule has 6 heterocycles. The van der Waals surface area contributed by atoms with E-state index in [4.69, 9.17) is 9.72 Å². The Morgan fingerprint density at radius 1 is 1.05 bits per heavy atom. The predicted octanol–water partition coefficient (Wildman–Crippen LogP) is 5.27. The fourth-order valence-corrected chi connectivity index (χ4v) is 6.04. The first-order valence-corrected chi connectivity index (χ1v) is 13.8. The number of hydrogen-bond acceptors (Lipinski definition) is 9. The Bertz CT molecular complexity index is 1730. The van der Waals surface area contributed by atoms with E-state index in [-0.39, 0.29) is 11.0 Å². The number of benzene rings is 1. The summed E-state index contributed by atoms with van der Waals surface area (Å²) in [5.41, 5.74) is 4.44. The fourth-order valence-electron chi connectivity index (χ4n) is 6.04. The van der Waals surface area contributed by atoms with E-state index in [1.54, 1.807) is 10.8 Å². The fraction of sp³-hybridized carbons (Fsp3) is 0.367. The van der Waals surface area contributed by atoms with E-state index in [0.717, 1.165) is 52.6 Å². The van der Waals surface area contributed by atoms with Crippen LogP contribution in [0.15, 0.2) is 61.3 Å². The number of piperazine rings is 1. The smallest absolute Gasteiger partial charge is 0.160 e. The molecular formula is C30H33N9O. The number of hydrogen-bond donors (Lipinski definition) is 2. The van der Waals surface area contributed by atoms with Crippen molar-refractivity contribution in [2.24, 2.45) is 5.41 Å². The normalized spacial score (nSPS) is 20.8. The molecule has 2 unspecified atom stereocenters. The number of aromatic nitrogens is 6. The molecule has 2 bridgehead atoms. The van der Waals surface area contributed by atoms with E-state index in [0.29, 0.717) is 17.6 Å². The van der Waals surface area contributed by atoms with E-state index in [9.17, 15) is 0 Å². The van der Waals surface area contributed by atoms with Crippen LogP contribution in [0.25, 0.3) is 16.7 Å². The third-order valence-corrected chi connectivity index (χ3v) is 8.45. The molecule has 2 aliphatic rings. The maximum absolute atomic E-state index is 6.14. The maximum atomic E-state index is 6.14. The molecule has 2 saturated heterocycles. The molecule has 1 aromatic carbocycles. The number of fused-ring (bicyclic) bond motifs is 4. The third-order valence-electron chi connectivity index (χ3n) is 8.45. The van der Waals surface area contributed by atoms with E-state index in [2.05, 4.69) is 62.4 Å². The maximum Gasteiger partial charge on any atom is 0.160 e. The number of nitrogens with one attached hydrogen (secondary N) is 2. The van der Waals surface area contributed by atoms with E-state index in [1.165, 1.54) is 19.2 Å². The molecular weight excluding hydrogens is 502 g/mol. The lowest BCUT2D eigenvalue weighted by Crippen LogP contribution is -2.65. The molecule has 40 heavy (non-hydrogen) atoms. The molecule has 2 aliphatic heterocycles. The molecule has 5 aromatic rings. The van der Waals surface area contributed by atoms with Crippen molar-refractivity contribution in [3.63, 3.8) is 0 Å². The summed E-state index contributed by atoms with van der Waals surface area (Å²) >= 11 is 0. The summed E-state index contributed by atoms with van der Waals surface area (Å²) in [6.07, 6.45) is 7.32. The Labute approximate surface area is 232 Å². The van der Waals surface area contributed by atoms with Gasteiger partial charge in [-0.15, -0.1) is 0 Å². The van der Waals surface area contributed by atoms with Crippen LogP contribution in [-0.4, -0.2) is 54.2 Å². The van der Waals surface area contributed by atoms with Crippen molar-refractivity contribution in [2.75, 3.05) is 23.3 Å². The zero-order chi connectivity index (χ0) is 27.5. The number of nitrogens with zero attached hydrogens (tertiary/aromatic N) is 7. The van der Waals surface area contributed by atoms with Crippen molar-refractivity contribution < 1.29 is 4.74 Å². The molecule has 10 heteroatoms. The van der Waals surface area contributed by atoms with Crippen molar-refractivity contribution in [1.29, 1.82) is 0 Å². The van der Waals surface area contributed by atoms with Gasteiger partial charge in [-0.1, -0.05) is 20.8 Å². The van der Waals surface area contributed by atoms with E-state index < -0.39 is 0 Å². The molecule has 7 rings (SSSR count). The highest BCUT2D eigenvalue weighted by atomic mass is 16.5. The standard InChI is InChI=1S/C30H33N9O/c1-19-13-20(5-7-24(19)40-22-10-12-39-26(14-22)32-18-34-39)35-28-27-23(31-17-33-28)6-8-25(36-27)38-15-21-9-11-30(16-38,37-21)29(2,3)4/h5-8,10,12-14,17-18,21,37H,9,11,15-16H2,1-4H3,(H,31,33,35). The highest BCUT2D eigenvalue weighted by Gasteiger charge is 2.51. The van der Waals surface area contributed by atoms with Crippen molar-refractivity contribution >= 4 is 34.0 Å². The number of anilines is 3. The lowest BCUT2D eigenvalue weighted by Gasteiger charge is -2.49. The molecule has 2 N–H and O–H groups in total. The second-order valence-electron chi connectivity index (χ2n) is 12.0. The van der Waals surface area contributed by atoms with Gasteiger partial charge in [0.25, 0.3) is 0 Å². The Hall–Kier alpha value is -4.31. The number of rotatable bonds is 5. The van der Waals surface area contributed by atoms with Crippen LogP contribution in [0.5, 0.6) is 11.5 Å². The summed E-state index contributed by atoms with van der Waals surface area (Å²) < 4.78 is 7.84. The van der Waals surface area contributed by atoms with Crippen LogP contribution in [0.2, 0.25) is 0 Å². The van der Waals surface area contributed by atoms with Gasteiger partial charge >= 0.3 is 0 Å². The Kier molecular flexibility index (Phi) is 5.64. The average Bonchev–Trinajstić information content (AvgIpc) is 3.53. The third kappa shape index (κ3) is 4.28. The van der Waals surface area contributed by atoms with Crippen LogP contribution >= 0.6 is 0 Å². The Balaban J connectivity index is 1.14. The van der Waals surface area contributed by atoms with Gasteiger partial charge in [-0.3, -0.25) is 0 Å². The molecule has 10 nitrogen and oxygen atoms in total. The Morgan fingerprint density at radius 2 is 1.95 bits per heavy atom.